The Bertz CT molecular complexity index is 779. The van der Waals surface area contributed by atoms with Crippen molar-refractivity contribution in [2.24, 2.45) is 7.05 Å². The average molecular weight is 253 g/mol. The van der Waals surface area contributed by atoms with E-state index in [-0.39, 0.29) is 5.76 Å². The number of aromatic nitrogens is 1. The number of aryl methyl sites for hydroxylation is 2. The van der Waals surface area contributed by atoms with Gasteiger partial charge >= 0.3 is 5.76 Å². The molecule has 19 heavy (non-hydrogen) atoms. The van der Waals surface area contributed by atoms with Crippen molar-refractivity contribution in [1.82, 2.24) is 4.57 Å². The van der Waals surface area contributed by atoms with Crippen molar-refractivity contribution < 1.29 is 4.42 Å². The van der Waals surface area contributed by atoms with Gasteiger partial charge in [-0.15, -0.1) is 0 Å². The summed E-state index contributed by atoms with van der Waals surface area (Å²) in [7, 11) is 1.72. The highest BCUT2D eigenvalue weighted by Crippen LogP contribution is 2.24. The molecule has 0 aliphatic heterocycles. The highest BCUT2D eigenvalue weighted by Gasteiger charge is 2.07. The number of nitrogens with zero attached hydrogens (tertiary/aromatic N) is 1. The number of fused-ring (bicyclic) bond motifs is 1. The predicted molar refractivity (Wildman–Crippen MR) is 76.3 cm³/mol. The fraction of sp³-hybridized carbons (Fsp3) is 0.188. The Morgan fingerprint density at radius 1 is 1.05 bits per heavy atom. The van der Waals surface area contributed by atoms with Gasteiger partial charge in [0.05, 0.1) is 5.52 Å². The second-order valence-electron chi connectivity index (χ2n) is 4.66. The van der Waals surface area contributed by atoms with E-state index in [1.165, 1.54) is 10.1 Å². The van der Waals surface area contributed by atoms with E-state index in [9.17, 15) is 4.79 Å². The maximum Gasteiger partial charge on any atom is 0.419 e. The van der Waals surface area contributed by atoms with Crippen LogP contribution in [0.15, 0.2) is 51.7 Å². The van der Waals surface area contributed by atoms with Crippen LogP contribution in [0.5, 0.6) is 0 Å². The van der Waals surface area contributed by atoms with Gasteiger partial charge in [0.25, 0.3) is 0 Å². The van der Waals surface area contributed by atoms with Gasteiger partial charge in [0, 0.05) is 7.05 Å². The SMILES string of the molecule is CCc1ccc(-c2ccc3oc(=O)n(C)c3c2)cc1. The Balaban J connectivity index is 2.13. The number of benzene rings is 2. The smallest absolute Gasteiger partial charge is 0.408 e. The zero-order chi connectivity index (χ0) is 13.4. The Morgan fingerprint density at radius 3 is 2.42 bits per heavy atom. The molecular formula is C16H15NO2. The van der Waals surface area contributed by atoms with Crippen LogP contribution in [0.1, 0.15) is 12.5 Å². The van der Waals surface area contributed by atoms with Crippen molar-refractivity contribution in [2.45, 2.75) is 13.3 Å². The van der Waals surface area contributed by atoms with E-state index >= 15 is 0 Å². The van der Waals surface area contributed by atoms with Crippen molar-refractivity contribution in [1.29, 1.82) is 0 Å². The van der Waals surface area contributed by atoms with Gasteiger partial charge in [-0.3, -0.25) is 4.57 Å². The number of hydrogen-bond donors (Lipinski definition) is 0. The molecule has 0 bridgehead atoms. The molecule has 96 valence electrons. The molecule has 3 aromatic rings. The topological polar surface area (TPSA) is 35.1 Å². The molecule has 0 amide bonds. The van der Waals surface area contributed by atoms with E-state index in [0.717, 1.165) is 23.1 Å². The first kappa shape index (κ1) is 11.8. The minimum absolute atomic E-state index is 0.325. The van der Waals surface area contributed by atoms with Crippen LogP contribution in [-0.4, -0.2) is 4.57 Å². The molecule has 3 nitrogen and oxygen atoms in total. The van der Waals surface area contributed by atoms with Crippen molar-refractivity contribution in [3.05, 3.63) is 58.6 Å². The first-order chi connectivity index (χ1) is 9.19. The van der Waals surface area contributed by atoms with Crippen LogP contribution in [0.4, 0.5) is 0 Å². The van der Waals surface area contributed by atoms with Gasteiger partial charge in [-0.2, -0.15) is 0 Å². The molecule has 0 aliphatic rings. The molecule has 0 saturated heterocycles. The molecule has 3 heteroatoms. The Labute approximate surface area is 111 Å². The van der Waals surface area contributed by atoms with E-state index in [1.807, 2.05) is 18.2 Å². The van der Waals surface area contributed by atoms with Crippen LogP contribution < -0.4 is 5.76 Å². The van der Waals surface area contributed by atoms with E-state index in [1.54, 1.807) is 7.05 Å². The first-order valence-electron chi connectivity index (χ1n) is 6.38. The molecular weight excluding hydrogens is 238 g/mol. The molecule has 0 fully saturated rings. The van der Waals surface area contributed by atoms with Crippen LogP contribution in [-0.2, 0) is 13.5 Å². The van der Waals surface area contributed by atoms with Gasteiger partial charge in [0.2, 0.25) is 0 Å². The van der Waals surface area contributed by atoms with E-state index in [4.69, 9.17) is 4.42 Å². The average Bonchev–Trinajstić information content (AvgIpc) is 2.74. The molecule has 0 radical (unpaired) electrons. The third-order valence-electron chi connectivity index (χ3n) is 3.49. The summed E-state index contributed by atoms with van der Waals surface area (Å²) >= 11 is 0. The second-order valence-corrected chi connectivity index (χ2v) is 4.66. The Hall–Kier alpha value is -2.29. The minimum atomic E-state index is -0.325. The van der Waals surface area contributed by atoms with Gasteiger partial charge in [-0.25, -0.2) is 4.79 Å². The summed E-state index contributed by atoms with van der Waals surface area (Å²) in [4.78, 5) is 11.5. The van der Waals surface area contributed by atoms with Gasteiger partial charge in [-0.05, 0) is 35.2 Å². The third-order valence-corrected chi connectivity index (χ3v) is 3.49. The minimum Gasteiger partial charge on any atom is -0.408 e. The zero-order valence-electron chi connectivity index (χ0n) is 11.0. The standard InChI is InChI=1S/C16H15NO2/c1-3-11-4-6-12(7-5-11)13-8-9-15-14(10-13)17(2)16(18)19-15/h4-10H,3H2,1-2H3. The normalized spacial score (nSPS) is 11.1. The highest BCUT2D eigenvalue weighted by atomic mass is 16.4. The van der Waals surface area contributed by atoms with Crippen molar-refractivity contribution in [3.63, 3.8) is 0 Å². The third kappa shape index (κ3) is 1.97. The lowest BCUT2D eigenvalue weighted by Crippen LogP contribution is -2.08. The van der Waals surface area contributed by atoms with Crippen molar-refractivity contribution >= 4 is 11.1 Å². The Morgan fingerprint density at radius 2 is 1.74 bits per heavy atom. The summed E-state index contributed by atoms with van der Waals surface area (Å²) in [5, 5.41) is 0. The molecule has 1 aromatic heterocycles. The summed E-state index contributed by atoms with van der Waals surface area (Å²) < 4.78 is 6.66. The highest BCUT2D eigenvalue weighted by molar-refractivity contribution is 5.80. The molecule has 0 atom stereocenters. The molecule has 0 aliphatic carbocycles. The number of rotatable bonds is 2. The molecule has 1 heterocycles. The van der Waals surface area contributed by atoms with Gasteiger partial charge in [-0.1, -0.05) is 37.3 Å². The van der Waals surface area contributed by atoms with E-state index in [0.29, 0.717) is 5.58 Å². The molecule has 0 spiro atoms. The molecule has 2 aromatic carbocycles. The number of oxazole rings is 1. The lowest BCUT2D eigenvalue weighted by Gasteiger charge is -2.03. The monoisotopic (exact) mass is 253 g/mol. The van der Waals surface area contributed by atoms with E-state index in [2.05, 4.69) is 31.2 Å². The lowest BCUT2D eigenvalue weighted by atomic mass is 10.0. The van der Waals surface area contributed by atoms with E-state index < -0.39 is 0 Å². The van der Waals surface area contributed by atoms with Crippen LogP contribution in [0, 0.1) is 0 Å². The van der Waals surface area contributed by atoms with Gasteiger partial charge in [0.15, 0.2) is 5.58 Å². The fourth-order valence-electron chi connectivity index (χ4n) is 2.24. The summed E-state index contributed by atoms with van der Waals surface area (Å²) in [6, 6.07) is 14.3. The van der Waals surface area contributed by atoms with Gasteiger partial charge < -0.3 is 4.42 Å². The van der Waals surface area contributed by atoms with Crippen molar-refractivity contribution in [2.75, 3.05) is 0 Å². The van der Waals surface area contributed by atoms with Crippen LogP contribution >= 0.6 is 0 Å². The Kier molecular flexibility index (Phi) is 2.75. The quantitative estimate of drug-likeness (QED) is 0.702. The summed E-state index contributed by atoms with van der Waals surface area (Å²) in [6.07, 6.45) is 1.04. The molecule has 0 saturated carbocycles. The summed E-state index contributed by atoms with van der Waals surface area (Å²) in [5.41, 5.74) is 5.00. The van der Waals surface area contributed by atoms with Crippen LogP contribution in [0.25, 0.3) is 22.2 Å². The second kappa shape index (κ2) is 4.43. The zero-order valence-corrected chi connectivity index (χ0v) is 11.0. The summed E-state index contributed by atoms with van der Waals surface area (Å²) in [6.45, 7) is 2.14. The van der Waals surface area contributed by atoms with Crippen molar-refractivity contribution in [3.8, 4) is 11.1 Å². The first-order valence-corrected chi connectivity index (χ1v) is 6.38. The predicted octanol–water partition coefficient (Wildman–Crippen LogP) is 3.36. The maximum atomic E-state index is 11.5. The maximum absolute atomic E-state index is 11.5. The number of hydrogen-bond acceptors (Lipinski definition) is 2. The molecule has 0 unspecified atom stereocenters. The summed E-state index contributed by atoms with van der Waals surface area (Å²) in [5.74, 6) is -0.325. The largest absolute Gasteiger partial charge is 0.419 e. The fourth-order valence-corrected chi connectivity index (χ4v) is 2.24. The van der Waals surface area contributed by atoms with Crippen LogP contribution in [0.3, 0.4) is 0 Å². The molecule has 0 N–H and O–H groups in total. The molecule has 3 rings (SSSR count). The van der Waals surface area contributed by atoms with Gasteiger partial charge in [0.1, 0.15) is 0 Å². The lowest BCUT2D eigenvalue weighted by molar-refractivity contribution is 0.528. The van der Waals surface area contributed by atoms with Crippen LogP contribution in [0.2, 0.25) is 0 Å².